The molecule has 0 saturated heterocycles. The second-order valence-corrected chi connectivity index (χ2v) is 6.67. The summed E-state index contributed by atoms with van der Waals surface area (Å²) in [5.41, 5.74) is 4.06. The minimum atomic E-state index is 0.0567. The minimum Gasteiger partial charge on any atom is -0.439 e. The van der Waals surface area contributed by atoms with Crippen molar-refractivity contribution in [2.45, 2.75) is 33.6 Å². The zero-order valence-corrected chi connectivity index (χ0v) is 14.9. The van der Waals surface area contributed by atoms with Crippen LogP contribution in [0, 0.1) is 5.92 Å². The van der Waals surface area contributed by atoms with Gasteiger partial charge < -0.3 is 4.42 Å². The van der Waals surface area contributed by atoms with Crippen molar-refractivity contribution in [1.82, 2.24) is 4.98 Å². The number of Topliss-reactive ketones (excluding diaryl/α,β-unsaturated/α-hetero) is 1. The van der Waals surface area contributed by atoms with E-state index in [4.69, 9.17) is 16.0 Å². The molecule has 124 valence electrons. The molecule has 3 nitrogen and oxygen atoms in total. The lowest BCUT2D eigenvalue weighted by atomic mass is 10.0. The summed E-state index contributed by atoms with van der Waals surface area (Å²) >= 11 is 6.39. The third-order valence-corrected chi connectivity index (χ3v) is 4.61. The lowest BCUT2D eigenvalue weighted by molar-refractivity contribution is 0.101. The lowest BCUT2D eigenvalue weighted by Gasteiger charge is -2.04. The largest absolute Gasteiger partial charge is 0.439 e. The summed E-state index contributed by atoms with van der Waals surface area (Å²) < 4.78 is 5.83. The van der Waals surface area contributed by atoms with Crippen molar-refractivity contribution in [3.05, 3.63) is 52.9 Å². The number of aromatic nitrogens is 1. The molecule has 4 heteroatoms. The van der Waals surface area contributed by atoms with Crippen molar-refractivity contribution < 1.29 is 9.21 Å². The van der Waals surface area contributed by atoms with E-state index >= 15 is 0 Å². The molecule has 0 radical (unpaired) electrons. The fraction of sp³-hybridized carbons (Fsp3) is 0.300. The average molecular weight is 342 g/mol. The number of carbonyl (C=O) groups is 1. The molecule has 0 aliphatic heterocycles. The van der Waals surface area contributed by atoms with Crippen molar-refractivity contribution in [2.75, 3.05) is 0 Å². The third kappa shape index (κ3) is 3.36. The van der Waals surface area contributed by atoms with Crippen LogP contribution in [0.3, 0.4) is 0 Å². The molecule has 0 spiro atoms. The van der Waals surface area contributed by atoms with Gasteiger partial charge in [0.2, 0.25) is 0 Å². The summed E-state index contributed by atoms with van der Waals surface area (Å²) in [6.45, 7) is 5.90. The highest BCUT2D eigenvalue weighted by molar-refractivity contribution is 6.35. The van der Waals surface area contributed by atoms with E-state index in [9.17, 15) is 4.79 Å². The Bertz CT molecular complexity index is 881. The predicted molar refractivity (Wildman–Crippen MR) is 97.6 cm³/mol. The van der Waals surface area contributed by atoms with E-state index in [1.165, 1.54) is 0 Å². The van der Waals surface area contributed by atoms with Gasteiger partial charge in [0.15, 0.2) is 17.3 Å². The molecule has 3 aromatic rings. The highest BCUT2D eigenvalue weighted by atomic mass is 35.5. The summed E-state index contributed by atoms with van der Waals surface area (Å²) in [6.07, 6.45) is 1.89. The maximum absolute atomic E-state index is 11.4. The zero-order valence-electron chi connectivity index (χ0n) is 14.1. The first-order chi connectivity index (χ1) is 11.5. The van der Waals surface area contributed by atoms with Gasteiger partial charge in [-0.1, -0.05) is 56.1 Å². The summed E-state index contributed by atoms with van der Waals surface area (Å²) in [5, 5.41) is 0.557. The lowest BCUT2D eigenvalue weighted by Crippen LogP contribution is -1.97. The maximum atomic E-state index is 11.4. The second-order valence-electron chi connectivity index (χ2n) is 6.27. The van der Waals surface area contributed by atoms with E-state index in [0.29, 0.717) is 22.1 Å². The van der Waals surface area contributed by atoms with Gasteiger partial charge in [-0.3, -0.25) is 4.79 Å². The first kappa shape index (κ1) is 16.7. The van der Waals surface area contributed by atoms with Crippen molar-refractivity contribution in [2.24, 2.45) is 5.92 Å². The number of fused-ring (bicyclic) bond motifs is 1. The van der Waals surface area contributed by atoms with Gasteiger partial charge in [-0.25, -0.2) is 4.98 Å². The number of nitrogens with zero attached hydrogens (tertiary/aromatic N) is 1. The Balaban J connectivity index is 1.99. The average Bonchev–Trinajstić information content (AvgIpc) is 2.97. The number of hydrogen-bond donors (Lipinski definition) is 0. The van der Waals surface area contributed by atoms with Crippen LogP contribution in [-0.2, 0) is 6.42 Å². The smallest absolute Gasteiger partial charge is 0.195 e. The molecular formula is C20H20ClNO2. The van der Waals surface area contributed by atoms with Crippen LogP contribution in [0.25, 0.3) is 22.2 Å². The molecule has 0 amide bonds. The molecular weight excluding hydrogens is 322 g/mol. The molecule has 2 aromatic carbocycles. The minimum absolute atomic E-state index is 0.0567. The number of hydrogen-bond acceptors (Lipinski definition) is 3. The normalized spacial score (nSPS) is 12.5. The van der Waals surface area contributed by atoms with Gasteiger partial charge in [-0.15, -0.1) is 0 Å². The molecule has 0 aliphatic carbocycles. The van der Waals surface area contributed by atoms with E-state index in [2.05, 4.69) is 18.8 Å². The van der Waals surface area contributed by atoms with Gasteiger partial charge in [0.1, 0.15) is 5.52 Å². The van der Waals surface area contributed by atoms with Crippen molar-refractivity contribution >= 4 is 28.5 Å². The quantitative estimate of drug-likeness (QED) is 0.539. The fourth-order valence-corrected chi connectivity index (χ4v) is 2.88. The number of oxazole rings is 1. The Hall–Kier alpha value is -2.13. The van der Waals surface area contributed by atoms with Crippen LogP contribution in [-0.4, -0.2) is 10.8 Å². The van der Waals surface area contributed by atoms with Crippen LogP contribution in [0.2, 0.25) is 5.02 Å². The van der Waals surface area contributed by atoms with Gasteiger partial charge in [0.05, 0.1) is 5.02 Å². The van der Waals surface area contributed by atoms with E-state index in [-0.39, 0.29) is 5.78 Å². The molecule has 24 heavy (non-hydrogen) atoms. The van der Waals surface area contributed by atoms with E-state index in [0.717, 1.165) is 35.4 Å². The standard InChI is InChI=1S/C20H20ClNO2/c1-4-12(2)9-19-22-18-11-16(10-17(21)20(18)24-19)15-7-5-14(6-8-15)13(3)23/h5-8,10-12H,4,9H2,1-3H3. The number of halogens is 1. The van der Waals surface area contributed by atoms with Gasteiger partial charge in [0, 0.05) is 12.0 Å². The first-order valence-electron chi connectivity index (χ1n) is 8.18. The summed E-state index contributed by atoms with van der Waals surface area (Å²) in [6, 6.07) is 11.4. The van der Waals surface area contributed by atoms with Gasteiger partial charge in [-0.2, -0.15) is 0 Å². The molecule has 1 heterocycles. The number of benzene rings is 2. The molecule has 0 bridgehead atoms. The fourth-order valence-electron chi connectivity index (χ4n) is 2.63. The Kier molecular flexibility index (Phi) is 4.72. The van der Waals surface area contributed by atoms with Crippen LogP contribution >= 0.6 is 11.6 Å². The zero-order chi connectivity index (χ0) is 17.3. The van der Waals surface area contributed by atoms with Crippen molar-refractivity contribution in [3.8, 4) is 11.1 Å². The Morgan fingerprint density at radius 1 is 1.21 bits per heavy atom. The molecule has 0 aliphatic rings. The highest BCUT2D eigenvalue weighted by Gasteiger charge is 2.14. The summed E-state index contributed by atoms with van der Waals surface area (Å²) in [4.78, 5) is 16.0. The van der Waals surface area contributed by atoms with E-state index in [1.54, 1.807) is 6.92 Å². The third-order valence-electron chi connectivity index (χ3n) is 4.33. The molecule has 1 unspecified atom stereocenters. The predicted octanol–water partition coefficient (Wildman–Crippen LogP) is 5.94. The highest BCUT2D eigenvalue weighted by Crippen LogP contribution is 2.32. The topological polar surface area (TPSA) is 43.1 Å². The van der Waals surface area contributed by atoms with Gasteiger partial charge in [0.25, 0.3) is 0 Å². The van der Waals surface area contributed by atoms with Crippen LogP contribution in [0.4, 0.5) is 0 Å². The molecule has 1 aromatic heterocycles. The van der Waals surface area contributed by atoms with Crippen LogP contribution < -0.4 is 0 Å². The number of carbonyl (C=O) groups excluding carboxylic acids is 1. The SMILES string of the molecule is CCC(C)Cc1nc2cc(-c3ccc(C(C)=O)cc3)cc(Cl)c2o1. The van der Waals surface area contributed by atoms with E-state index in [1.807, 2.05) is 36.4 Å². The maximum Gasteiger partial charge on any atom is 0.195 e. The molecule has 3 rings (SSSR count). The second kappa shape index (κ2) is 6.78. The summed E-state index contributed by atoms with van der Waals surface area (Å²) in [7, 11) is 0. The van der Waals surface area contributed by atoms with E-state index < -0.39 is 0 Å². The number of rotatable bonds is 5. The molecule has 1 atom stereocenters. The monoisotopic (exact) mass is 341 g/mol. The van der Waals surface area contributed by atoms with Crippen LogP contribution in [0.5, 0.6) is 0 Å². The number of ketones is 1. The Morgan fingerprint density at radius 2 is 1.92 bits per heavy atom. The van der Waals surface area contributed by atoms with Crippen molar-refractivity contribution in [3.63, 3.8) is 0 Å². The first-order valence-corrected chi connectivity index (χ1v) is 8.56. The van der Waals surface area contributed by atoms with Gasteiger partial charge >= 0.3 is 0 Å². The summed E-state index contributed by atoms with van der Waals surface area (Å²) in [5.74, 6) is 1.31. The Morgan fingerprint density at radius 3 is 2.54 bits per heavy atom. The van der Waals surface area contributed by atoms with Gasteiger partial charge in [-0.05, 0) is 36.1 Å². The molecule has 0 fully saturated rings. The molecule has 0 saturated carbocycles. The van der Waals surface area contributed by atoms with Crippen molar-refractivity contribution in [1.29, 1.82) is 0 Å². The van der Waals surface area contributed by atoms with Crippen LogP contribution in [0.15, 0.2) is 40.8 Å². The van der Waals surface area contributed by atoms with Crippen LogP contribution in [0.1, 0.15) is 43.4 Å². The molecule has 0 N–H and O–H groups in total. The Labute approximate surface area is 146 Å².